The van der Waals surface area contributed by atoms with E-state index in [1.165, 1.54) is 16.9 Å². The summed E-state index contributed by atoms with van der Waals surface area (Å²) in [5.74, 6) is 0.160. The number of likely N-dealkylation sites (N-methyl/N-ethyl adjacent to an activating group) is 1. The van der Waals surface area contributed by atoms with Gasteiger partial charge in [-0.15, -0.1) is 11.3 Å². The van der Waals surface area contributed by atoms with Gasteiger partial charge in [0.15, 0.2) is 0 Å². The molecule has 1 saturated heterocycles. The van der Waals surface area contributed by atoms with E-state index in [1.807, 2.05) is 34.7 Å². The molecule has 0 aromatic carbocycles. The van der Waals surface area contributed by atoms with Crippen LogP contribution in [0.25, 0.3) is 0 Å². The topological polar surface area (TPSA) is 36.4 Å². The highest BCUT2D eigenvalue weighted by atomic mass is 32.1. The van der Waals surface area contributed by atoms with Gasteiger partial charge in [0.2, 0.25) is 0 Å². The third-order valence-electron chi connectivity index (χ3n) is 4.33. The van der Waals surface area contributed by atoms with Crippen LogP contribution >= 0.6 is 11.3 Å². The molecule has 0 spiro atoms. The summed E-state index contributed by atoms with van der Waals surface area (Å²) in [6.07, 6.45) is 5.57. The molecule has 2 aromatic heterocycles. The van der Waals surface area contributed by atoms with Gasteiger partial charge in [-0.05, 0) is 50.0 Å². The molecule has 1 aliphatic heterocycles. The number of carbonyl (C=O) groups excluding carboxylic acids is 1. The van der Waals surface area contributed by atoms with E-state index in [1.54, 1.807) is 6.20 Å². The lowest BCUT2D eigenvalue weighted by Crippen LogP contribution is -2.45. The first-order valence-corrected chi connectivity index (χ1v) is 8.44. The van der Waals surface area contributed by atoms with E-state index in [-0.39, 0.29) is 11.9 Å². The highest BCUT2D eigenvalue weighted by molar-refractivity contribution is 7.12. The fourth-order valence-electron chi connectivity index (χ4n) is 3.24. The molecule has 116 valence electrons. The largest absolute Gasteiger partial charge is 0.333 e. The molecule has 0 N–H and O–H groups in total. The molecular weight excluding hydrogens is 294 g/mol. The number of thiophene rings is 1. The van der Waals surface area contributed by atoms with Crippen molar-refractivity contribution in [1.29, 1.82) is 0 Å². The van der Waals surface area contributed by atoms with Gasteiger partial charge < -0.3 is 9.80 Å². The Morgan fingerprint density at radius 1 is 1.41 bits per heavy atom. The van der Waals surface area contributed by atoms with Gasteiger partial charge in [0, 0.05) is 25.0 Å². The zero-order chi connectivity index (χ0) is 15.5. The molecule has 0 bridgehead atoms. The highest BCUT2D eigenvalue weighted by Gasteiger charge is 2.38. The number of aromatic nitrogens is 1. The van der Waals surface area contributed by atoms with Crippen LogP contribution in [0.2, 0.25) is 0 Å². The number of pyridine rings is 1. The predicted molar refractivity (Wildman–Crippen MR) is 89.2 cm³/mol. The Morgan fingerprint density at radius 3 is 2.91 bits per heavy atom. The number of amides is 1. The molecule has 0 aliphatic carbocycles. The van der Waals surface area contributed by atoms with Crippen LogP contribution in [-0.2, 0) is 6.42 Å². The number of hydrogen-bond donors (Lipinski definition) is 0. The van der Waals surface area contributed by atoms with E-state index in [4.69, 9.17) is 0 Å². The fourth-order valence-corrected chi connectivity index (χ4v) is 3.92. The maximum atomic E-state index is 12.8. The summed E-state index contributed by atoms with van der Waals surface area (Å²) in [5.41, 5.74) is 1.19. The minimum atomic E-state index is 0.160. The van der Waals surface area contributed by atoms with E-state index in [2.05, 4.69) is 30.0 Å². The van der Waals surface area contributed by atoms with Crippen molar-refractivity contribution in [2.75, 3.05) is 20.6 Å². The summed E-state index contributed by atoms with van der Waals surface area (Å²) in [7, 11) is 4.19. The van der Waals surface area contributed by atoms with Crippen molar-refractivity contribution in [3.05, 3.63) is 52.5 Å². The van der Waals surface area contributed by atoms with Crippen LogP contribution in [0.1, 0.15) is 21.7 Å². The molecule has 4 nitrogen and oxygen atoms in total. The summed E-state index contributed by atoms with van der Waals surface area (Å²) in [6.45, 7) is 0.824. The summed E-state index contributed by atoms with van der Waals surface area (Å²) in [6, 6.07) is 8.49. The molecule has 1 amide bonds. The van der Waals surface area contributed by atoms with Gasteiger partial charge in [-0.2, -0.15) is 0 Å². The van der Waals surface area contributed by atoms with Crippen LogP contribution in [0.3, 0.4) is 0 Å². The second kappa shape index (κ2) is 6.58. The highest BCUT2D eigenvalue weighted by Crippen LogP contribution is 2.27. The molecule has 0 radical (unpaired) electrons. The maximum absolute atomic E-state index is 12.8. The van der Waals surface area contributed by atoms with Gasteiger partial charge in [0.05, 0.1) is 10.9 Å². The molecule has 0 unspecified atom stereocenters. The van der Waals surface area contributed by atoms with Crippen LogP contribution in [0, 0.1) is 0 Å². The van der Waals surface area contributed by atoms with E-state index in [9.17, 15) is 4.79 Å². The second-order valence-corrected chi connectivity index (χ2v) is 6.88. The van der Waals surface area contributed by atoms with Crippen molar-refractivity contribution in [2.45, 2.75) is 24.9 Å². The second-order valence-electron chi connectivity index (χ2n) is 5.93. The lowest BCUT2D eigenvalue weighted by atomic mass is 10.0. The monoisotopic (exact) mass is 315 g/mol. The van der Waals surface area contributed by atoms with Crippen LogP contribution in [0.15, 0.2) is 42.0 Å². The molecule has 3 rings (SSSR count). The van der Waals surface area contributed by atoms with Gasteiger partial charge in [0.25, 0.3) is 5.91 Å². The van der Waals surface area contributed by atoms with Crippen molar-refractivity contribution >= 4 is 17.2 Å². The number of carbonyl (C=O) groups is 1. The molecule has 2 aromatic rings. The van der Waals surface area contributed by atoms with Crippen LogP contribution in [-0.4, -0.2) is 53.4 Å². The van der Waals surface area contributed by atoms with Crippen molar-refractivity contribution in [3.63, 3.8) is 0 Å². The molecule has 22 heavy (non-hydrogen) atoms. The summed E-state index contributed by atoms with van der Waals surface area (Å²) in [5, 5.41) is 1.96. The van der Waals surface area contributed by atoms with E-state index >= 15 is 0 Å². The van der Waals surface area contributed by atoms with Crippen LogP contribution in [0.5, 0.6) is 0 Å². The van der Waals surface area contributed by atoms with Gasteiger partial charge in [0.1, 0.15) is 0 Å². The summed E-state index contributed by atoms with van der Waals surface area (Å²) >= 11 is 1.52. The molecule has 2 atom stereocenters. The number of rotatable bonds is 4. The van der Waals surface area contributed by atoms with Crippen molar-refractivity contribution in [2.24, 2.45) is 0 Å². The Kier molecular flexibility index (Phi) is 4.55. The average molecular weight is 315 g/mol. The molecular formula is C17H21N3OS. The standard InChI is InChI=1S/C17H21N3OS/c1-19(2)14-7-9-20(17(21)16-6-4-10-22-16)15(14)11-13-5-3-8-18-12-13/h3-6,8,10,12,14-15H,7,9,11H2,1-2H3/t14-,15+/m1/s1. The van der Waals surface area contributed by atoms with Gasteiger partial charge >= 0.3 is 0 Å². The Labute approximate surface area is 135 Å². The first kappa shape index (κ1) is 15.2. The quantitative estimate of drug-likeness (QED) is 0.870. The van der Waals surface area contributed by atoms with Crippen molar-refractivity contribution in [3.8, 4) is 0 Å². The number of nitrogens with zero attached hydrogens (tertiary/aromatic N) is 3. The molecule has 5 heteroatoms. The lowest BCUT2D eigenvalue weighted by Gasteiger charge is -2.31. The average Bonchev–Trinajstić information content (AvgIpc) is 3.17. The third kappa shape index (κ3) is 3.05. The summed E-state index contributed by atoms with van der Waals surface area (Å²) in [4.78, 5) is 22.1. The minimum absolute atomic E-state index is 0.160. The zero-order valence-electron chi connectivity index (χ0n) is 13.0. The SMILES string of the molecule is CN(C)[C@@H]1CCN(C(=O)c2cccs2)[C@H]1Cc1cccnc1. The smallest absolute Gasteiger partial charge is 0.264 e. The number of likely N-dealkylation sites (tertiary alicyclic amines) is 1. The van der Waals surface area contributed by atoms with E-state index in [0.29, 0.717) is 6.04 Å². The normalized spacial score (nSPS) is 21.5. The summed E-state index contributed by atoms with van der Waals surface area (Å²) < 4.78 is 0. The Morgan fingerprint density at radius 2 is 2.27 bits per heavy atom. The maximum Gasteiger partial charge on any atom is 0.264 e. The van der Waals surface area contributed by atoms with Crippen LogP contribution in [0.4, 0.5) is 0 Å². The van der Waals surface area contributed by atoms with Gasteiger partial charge in [-0.1, -0.05) is 12.1 Å². The molecule has 3 heterocycles. The first-order chi connectivity index (χ1) is 10.7. The first-order valence-electron chi connectivity index (χ1n) is 7.56. The van der Waals surface area contributed by atoms with Gasteiger partial charge in [-0.3, -0.25) is 9.78 Å². The lowest BCUT2D eigenvalue weighted by molar-refractivity contribution is 0.0709. The number of hydrogen-bond acceptors (Lipinski definition) is 4. The van der Waals surface area contributed by atoms with E-state index in [0.717, 1.165) is 24.3 Å². The fraction of sp³-hybridized carbons (Fsp3) is 0.412. The Hall–Kier alpha value is -1.72. The molecule has 1 fully saturated rings. The van der Waals surface area contributed by atoms with Crippen molar-refractivity contribution in [1.82, 2.24) is 14.8 Å². The molecule has 0 saturated carbocycles. The Balaban J connectivity index is 1.84. The molecule has 1 aliphatic rings. The predicted octanol–water partition coefficient (Wildman–Crippen LogP) is 2.53. The van der Waals surface area contributed by atoms with Crippen molar-refractivity contribution < 1.29 is 4.79 Å². The van der Waals surface area contributed by atoms with Gasteiger partial charge in [-0.25, -0.2) is 0 Å². The van der Waals surface area contributed by atoms with E-state index < -0.39 is 0 Å². The minimum Gasteiger partial charge on any atom is -0.333 e. The Bertz CT molecular complexity index is 612. The zero-order valence-corrected chi connectivity index (χ0v) is 13.8. The third-order valence-corrected chi connectivity index (χ3v) is 5.19. The van der Waals surface area contributed by atoms with Crippen LogP contribution < -0.4 is 0 Å².